The topological polar surface area (TPSA) is 55.3 Å². The molecule has 1 unspecified atom stereocenters. The Bertz CT molecular complexity index is 342. The molecular weight excluding hydrogens is 194 g/mol. The summed E-state index contributed by atoms with van der Waals surface area (Å²) < 4.78 is 5.27. The molecule has 5 heteroatoms. The lowest BCUT2D eigenvalue weighted by Gasteiger charge is -2.32. The second-order valence-electron chi connectivity index (χ2n) is 3.53. The molecule has 2 heterocycles. The number of ether oxygens (including phenoxy) is 1. The van der Waals surface area contributed by atoms with Crippen molar-refractivity contribution in [2.75, 3.05) is 19.8 Å². The summed E-state index contributed by atoms with van der Waals surface area (Å²) in [6.45, 7) is 3.77. The average Bonchev–Trinajstić information content (AvgIpc) is 2.30. The molecule has 0 N–H and O–H groups in total. The van der Waals surface area contributed by atoms with E-state index in [1.807, 2.05) is 6.92 Å². The van der Waals surface area contributed by atoms with Crippen molar-refractivity contribution in [2.24, 2.45) is 0 Å². The summed E-state index contributed by atoms with van der Waals surface area (Å²) in [5, 5.41) is 7.50. The SMILES string of the molecule is CC1COCCN1C(=O)c1cccnn1. The van der Waals surface area contributed by atoms with Gasteiger partial charge in [-0.2, -0.15) is 5.10 Å². The summed E-state index contributed by atoms with van der Waals surface area (Å²) in [5.41, 5.74) is 0.395. The van der Waals surface area contributed by atoms with E-state index in [1.165, 1.54) is 0 Å². The largest absolute Gasteiger partial charge is 0.377 e. The first-order valence-corrected chi connectivity index (χ1v) is 4.95. The molecule has 0 saturated carbocycles. The third-order valence-electron chi connectivity index (χ3n) is 2.42. The van der Waals surface area contributed by atoms with Gasteiger partial charge in [0.1, 0.15) is 0 Å². The van der Waals surface area contributed by atoms with Crippen LogP contribution in [0.1, 0.15) is 17.4 Å². The highest BCUT2D eigenvalue weighted by molar-refractivity contribution is 5.92. The quantitative estimate of drug-likeness (QED) is 0.666. The summed E-state index contributed by atoms with van der Waals surface area (Å²) in [7, 11) is 0. The van der Waals surface area contributed by atoms with Gasteiger partial charge in [-0.1, -0.05) is 0 Å². The molecule has 0 bridgehead atoms. The monoisotopic (exact) mass is 207 g/mol. The van der Waals surface area contributed by atoms with Crippen LogP contribution in [0.15, 0.2) is 18.3 Å². The van der Waals surface area contributed by atoms with Crippen molar-refractivity contribution in [3.8, 4) is 0 Å². The number of rotatable bonds is 1. The zero-order chi connectivity index (χ0) is 10.7. The van der Waals surface area contributed by atoms with E-state index in [4.69, 9.17) is 4.74 Å². The van der Waals surface area contributed by atoms with Gasteiger partial charge in [0.05, 0.1) is 19.3 Å². The molecule has 15 heavy (non-hydrogen) atoms. The molecule has 80 valence electrons. The van der Waals surface area contributed by atoms with Gasteiger partial charge < -0.3 is 9.64 Å². The van der Waals surface area contributed by atoms with Crippen molar-refractivity contribution in [3.63, 3.8) is 0 Å². The van der Waals surface area contributed by atoms with Crippen LogP contribution in [-0.2, 0) is 4.74 Å². The number of hydrogen-bond acceptors (Lipinski definition) is 4. The molecule has 1 amide bonds. The smallest absolute Gasteiger partial charge is 0.274 e. The Kier molecular flexibility index (Phi) is 2.91. The van der Waals surface area contributed by atoms with Crippen LogP contribution in [0.5, 0.6) is 0 Å². The number of nitrogens with zero attached hydrogens (tertiary/aromatic N) is 3. The van der Waals surface area contributed by atoms with Crippen molar-refractivity contribution in [2.45, 2.75) is 13.0 Å². The molecule has 0 spiro atoms. The molecule has 5 nitrogen and oxygen atoms in total. The maximum absolute atomic E-state index is 12.0. The van der Waals surface area contributed by atoms with Crippen molar-refractivity contribution in [1.82, 2.24) is 15.1 Å². The molecule has 1 aromatic rings. The summed E-state index contributed by atoms with van der Waals surface area (Å²) in [6, 6.07) is 3.50. The van der Waals surface area contributed by atoms with E-state index in [1.54, 1.807) is 23.2 Å². The standard InChI is InChI=1S/C10H13N3O2/c1-8-7-15-6-5-13(8)10(14)9-3-2-4-11-12-9/h2-4,8H,5-7H2,1H3. The van der Waals surface area contributed by atoms with Crippen LogP contribution in [0.25, 0.3) is 0 Å². The Hall–Kier alpha value is -1.49. The van der Waals surface area contributed by atoms with Crippen LogP contribution in [-0.4, -0.2) is 46.8 Å². The van der Waals surface area contributed by atoms with Gasteiger partial charge in [-0.25, -0.2) is 0 Å². The maximum Gasteiger partial charge on any atom is 0.274 e. The van der Waals surface area contributed by atoms with E-state index >= 15 is 0 Å². The van der Waals surface area contributed by atoms with Gasteiger partial charge in [-0.15, -0.1) is 5.10 Å². The fourth-order valence-electron chi connectivity index (χ4n) is 1.59. The van der Waals surface area contributed by atoms with Crippen LogP contribution < -0.4 is 0 Å². The molecule has 0 aromatic carbocycles. The Labute approximate surface area is 88.1 Å². The van der Waals surface area contributed by atoms with Gasteiger partial charge in [-0.3, -0.25) is 4.79 Å². The average molecular weight is 207 g/mol. The zero-order valence-electron chi connectivity index (χ0n) is 8.59. The number of hydrogen-bond donors (Lipinski definition) is 0. The third kappa shape index (κ3) is 2.12. The van der Waals surface area contributed by atoms with Gasteiger partial charge >= 0.3 is 0 Å². The first kappa shape index (κ1) is 10.0. The maximum atomic E-state index is 12.0. The Morgan fingerprint density at radius 1 is 1.67 bits per heavy atom. The highest BCUT2D eigenvalue weighted by Gasteiger charge is 2.25. The van der Waals surface area contributed by atoms with Crippen LogP contribution in [0, 0.1) is 0 Å². The van der Waals surface area contributed by atoms with Gasteiger partial charge in [0, 0.05) is 12.7 Å². The number of carbonyl (C=O) groups excluding carboxylic acids is 1. The van der Waals surface area contributed by atoms with Gasteiger partial charge in [0.15, 0.2) is 5.69 Å². The highest BCUT2D eigenvalue weighted by atomic mass is 16.5. The van der Waals surface area contributed by atoms with Crippen molar-refractivity contribution >= 4 is 5.91 Å². The Morgan fingerprint density at radius 2 is 2.53 bits per heavy atom. The summed E-state index contributed by atoms with van der Waals surface area (Å²) >= 11 is 0. The summed E-state index contributed by atoms with van der Waals surface area (Å²) in [5.74, 6) is -0.0705. The Balaban J connectivity index is 2.13. The van der Waals surface area contributed by atoms with Gasteiger partial charge in [-0.05, 0) is 19.1 Å². The van der Waals surface area contributed by atoms with Crippen molar-refractivity contribution < 1.29 is 9.53 Å². The van der Waals surface area contributed by atoms with Crippen LogP contribution in [0.2, 0.25) is 0 Å². The van der Waals surface area contributed by atoms with E-state index < -0.39 is 0 Å². The molecular formula is C10H13N3O2. The minimum atomic E-state index is -0.0705. The zero-order valence-corrected chi connectivity index (χ0v) is 8.59. The molecule has 1 atom stereocenters. The lowest BCUT2D eigenvalue weighted by molar-refractivity contribution is 0.00321. The molecule has 1 aliphatic rings. The molecule has 1 saturated heterocycles. The van der Waals surface area contributed by atoms with Crippen molar-refractivity contribution in [1.29, 1.82) is 0 Å². The third-order valence-corrected chi connectivity index (χ3v) is 2.42. The van der Waals surface area contributed by atoms with E-state index in [0.29, 0.717) is 25.5 Å². The molecule has 0 aliphatic carbocycles. The van der Waals surface area contributed by atoms with E-state index in [9.17, 15) is 4.79 Å². The van der Waals surface area contributed by atoms with Gasteiger partial charge in [0.25, 0.3) is 5.91 Å². The fraction of sp³-hybridized carbons (Fsp3) is 0.500. The lowest BCUT2D eigenvalue weighted by Crippen LogP contribution is -2.47. The summed E-state index contributed by atoms with van der Waals surface area (Å²) in [4.78, 5) is 13.7. The van der Waals surface area contributed by atoms with E-state index in [0.717, 1.165) is 0 Å². The predicted molar refractivity (Wildman–Crippen MR) is 53.3 cm³/mol. The van der Waals surface area contributed by atoms with Crippen LogP contribution in [0.4, 0.5) is 0 Å². The van der Waals surface area contributed by atoms with Gasteiger partial charge in [0.2, 0.25) is 0 Å². The predicted octanol–water partition coefficient (Wildman–Crippen LogP) is 0.337. The molecule has 0 radical (unpaired) electrons. The first-order valence-electron chi connectivity index (χ1n) is 4.95. The molecule has 1 fully saturated rings. The van der Waals surface area contributed by atoms with Crippen LogP contribution in [0.3, 0.4) is 0 Å². The summed E-state index contributed by atoms with van der Waals surface area (Å²) in [6.07, 6.45) is 1.56. The fourth-order valence-corrected chi connectivity index (χ4v) is 1.59. The molecule has 1 aliphatic heterocycles. The second-order valence-corrected chi connectivity index (χ2v) is 3.53. The Morgan fingerprint density at radius 3 is 3.20 bits per heavy atom. The number of aromatic nitrogens is 2. The van der Waals surface area contributed by atoms with Crippen LogP contribution >= 0.6 is 0 Å². The lowest BCUT2D eigenvalue weighted by atomic mass is 10.2. The highest BCUT2D eigenvalue weighted by Crippen LogP contribution is 2.09. The first-order chi connectivity index (χ1) is 7.29. The van der Waals surface area contributed by atoms with E-state index in [-0.39, 0.29) is 11.9 Å². The van der Waals surface area contributed by atoms with Crippen molar-refractivity contribution in [3.05, 3.63) is 24.0 Å². The number of morpholine rings is 1. The van der Waals surface area contributed by atoms with E-state index in [2.05, 4.69) is 10.2 Å². The normalized spacial score (nSPS) is 21.4. The minimum Gasteiger partial charge on any atom is -0.377 e. The molecule has 2 rings (SSSR count). The number of carbonyl (C=O) groups is 1. The minimum absolute atomic E-state index is 0.0705. The molecule has 1 aromatic heterocycles. The second kappa shape index (κ2) is 4.35. The number of amides is 1.